The molecule has 0 radical (unpaired) electrons. The molecule has 43 heavy (non-hydrogen) atoms. The Labute approximate surface area is 256 Å². The van der Waals surface area contributed by atoms with Gasteiger partial charge in [0.1, 0.15) is 7.05 Å². The lowest BCUT2D eigenvalue weighted by Gasteiger charge is -2.31. The molecule has 0 N–H and O–H groups in total. The maximum atomic E-state index is 4.20. The molecule has 2 aliphatic heterocycles. The molecule has 0 saturated heterocycles. The summed E-state index contributed by atoms with van der Waals surface area (Å²) >= 11 is 0. The van der Waals surface area contributed by atoms with E-state index >= 15 is 0 Å². The third-order valence-corrected chi connectivity index (χ3v) is 9.68. The largest absolute Gasteiger partial charge is 0.347 e. The van der Waals surface area contributed by atoms with Crippen LogP contribution in [0.15, 0.2) is 147 Å². The predicted octanol–water partition coefficient (Wildman–Crippen LogP) is 10.1. The maximum absolute atomic E-state index is 4.20. The molecule has 2 aliphatic rings. The fraction of sp³-hybridized carbons (Fsp3) is 0.195. The highest BCUT2D eigenvalue weighted by Crippen LogP contribution is 2.54. The quantitative estimate of drug-likeness (QED) is 0.138. The highest BCUT2D eigenvalue weighted by Gasteiger charge is 2.50. The molecule has 6 rings (SSSR count). The second-order valence-electron chi connectivity index (χ2n) is 11.9. The van der Waals surface area contributed by atoms with Gasteiger partial charge in [0, 0.05) is 41.6 Å². The van der Waals surface area contributed by atoms with E-state index in [9.17, 15) is 0 Å². The van der Waals surface area contributed by atoms with Gasteiger partial charge < -0.3 is 4.90 Å². The van der Waals surface area contributed by atoms with Crippen molar-refractivity contribution in [3.05, 3.63) is 158 Å². The zero-order valence-corrected chi connectivity index (χ0v) is 25.5. The van der Waals surface area contributed by atoms with Crippen LogP contribution in [0.1, 0.15) is 36.8 Å². The van der Waals surface area contributed by atoms with Crippen molar-refractivity contribution in [2.75, 3.05) is 19.0 Å². The summed E-state index contributed by atoms with van der Waals surface area (Å²) in [6, 6.07) is 26.4. The van der Waals surface area contributed by atoms with Crippen LogP contribution in [-0.4, -0.2) is 24.4 Å². The molecule has 0 unspecified atom stereocenters. The van der Waals surface area contributed by atoms with Crippen molar-refractivity contribution in [2.24, 2.45) is 0 Å². The van der Waals surface area contributed by atoms with Gasteiger partial charge in [-0.3, -0.25) is 0 Å². The molecule has 0 aliphatic carbocycles. The Morgan fingerprint density at radius 2 is 1.21 bits per heavy atom. The molecule has 2 heteroatoms. The highest BCUT2D eigenvalue weighted by molar-refractivity contribution is 6.08. The van der Waals surface area contributed by atoms with Gasteiger partial charge in [0.15, 0.2) is 5.71 Å². The lowest BCUT2D eigenvalue weighted by Crippen LogP contribution is -2.33. The highest BCUT2D eigenvalue weighted by atomic mass is 15.2. The van der Waals surface area contributed by atoms with E-state index in [1.165, 1.54) is 55.5 Å². The zero-order chi connectivity index (χ0) is 30.2. The second kappa shape index (κ2) is 11.2. The average molecular weight is 562 g/mol. The van der Waals surface area contributed by atoms with Crippen LogP contribution in [0.3, 0.4) is 0 Å². The van der Waals surface area contributed by atoms with Gasteiger partial charge in [-0.05, 0) is 71.0 Å². The van der Waals surface area contributed by atoms with Gasteiger partial charge in [0.2, 0.25) is 5.69 Å². The number of anilines is 1. The van der Waals surface area contributed by atoms with E-state index in [0.717, 1.165) is 25.7 Å². The first-order chi connectivity index (χ1) is 21.0. The fourth-order valence-electron chi connectivity index (χ4n) is 7.99. The minimum atomic E-state index is -0.247. The molecule has 4 aromatic rings. The monoisotopic (exact) mass is 561 g/mol. The van der Waals surface area contributed by atoms with Gasteiger partial charge in [-0.2, -0.15) is 4.58 Å². The van der Waals surface area contributed by atoms with Crippen molar-refractivity contribution in [1.29, 1.82) is 0 Å². The van der Waals surface area contributed by atoms with Gasteiger partial charge in [-0.25, -0.2) is 0 Å². The van der Waals surface area contributed by atoms with E-state index in [4.69, 9.17) is 0 Å². The normalized spacial score (nSPS) is 17.5. The number of allylic oxidation sites excluding steroid dienone is 8. The summed E-state index contributed by atoms with van der Waals surface area (Å²) in [5.74, 6) is 0. The van der Waals surface area contributed by atoms with Crippen molar-refractivity contribution < 1.29 is 4.58 Å². The standard InChI is InChI=1S/C41H41N2/c1-7-26-40(27-8-2)36(42(5)34-24-22-30-16-11-13-18-32(30)38(34)40)20-15-21-37-41(28-9-3,29-10-4)39-33-19-14-12-17-31(33)23-25-35(39)43(37)6/h7-25H,1-4,26-29H2,5-6H3/q+1. The molecule has 2 heterocycles. The first-order valence-corrected chi connectivity index (χ1v) is 15.2. The summed E-state index contributed by atoms with van der Waals surface area (Å²) in [4.78, 5) is 2.37. The van der Waals surface area contributed by atoms with Gasteiger partial charge in [-0.15, -0.1) is 26.3 Å². The summed E-state index contributed by atoms with van der Waals surface area (Å²) in [6.45, 7) is 16.8. The summed E-state index contributed by atoms with van der Waals surface area (Å²) in [7, 11) is 4.38. The fourth-order valence-corrected chi connectivity index (χ4v) is 7.99. The van der Waals surface area contributed by atoms with Gasteiger partial charge in [0.05, 0.1) is 5.41 Å². The Morgan fingerprint density at radius 1 is 0.674 bits per heavy atom. The topological polar surface area (TPSA) is 6.25 Å². The maximum Gasteiger partial charge on any atom is 0.210 e. The lowest BCUT2D eigenvalue weighted by molar-refractivity contribution is -0.401. The van der Waals surface area contributed by atoms with Gasteiger partial charge in [-0.1, -0.05) is 85.0 Å². The molecular formula is C41H41N2+. The van der Waals surface area contributed by atoms with Crippen LogP contribution in [0.4, 0.5) is 11.4 Å². The number of rotatable bonds is 10. The molecule has 0 saturated carbocycles. The Balaban J connectivity index is 1.53. The van der Waals surface area contributed by atoms with E-state index in [0.29, 0.717) is 0 Å². The number of hydrogen-bond donors (Lipinski definition) is 0. The molecule has 0 atom stereocenters. The number of nitrogens with zero attached hydrogens (tertiary/aromatic N) is 2. The zero-order valence-electron chi connectivity index (χ0n) is 25.5. The third-order valence-electron chi connectivity index (χ3n) is 9.68. The van der Waals surface area contributed by atoms with Crippen LogP contribution in [0, 0.1) is 0 Å². The van der Waals surface area contributed by atoms with E-state index in [-0.39, 0.29) is 10.8 Å². The van der Waals surface area contributed by atoms with Crippen LogP contribution in [0.2, 0.25) is 0 Å². The van der Waals surface area contributed by atoms with Gasteiger partial charge >= 0.3 is 0 Å². The van der Waals surface area contributed by atoms with Crippen molar-refractivity contribution in [1.82, 2.24) is 0 Å². The van der Waals surface area contributed by atoms with Crippen LogP contribution in [0.25, 0.3) is 21.5 Å². The van der Waals surface area contributed by atoms with Crippen LogP contribution in [0.5, 0.6) is 0 Å². The van der Waals surface area contributed by atoms with Crippen LogP contribution in [-0.2, 0) is 10.8 Å². The summed E-state index contributed by atoms with van der Waals surface area (Å²) in [5, 5.41) is 5.11. The molecule has 214 valence electrons. The number of benzene rings is 4. The lowest BCUT2D eigenvalue weighted by atomic mass is 9.70. The van der Waals surface area contributed by atoms with Crippen LogP contribution >= 0.6 is 0 Å². The van der Waals surface area contributed by atoms with E-state index in [1.807, 2.05) is 0 Å². The number of fused-ring (bicyclic) bond motifs is 6. The van der Waals surface area contributed by atoms with E-state index in [1.54, 1.807) is 0 Å². The number of likely N-dealkylation sites (N-methyl/N-ethyl adjacent to an activating group) is 1. The van der Waals surface area contributed by atoms with Crippen molar-refractivity contribution in [3.63, 3.8) is 0 Å². The summed E-state index contributed by atoms with van der Waals surface area (Å²) in [5.41, 5.74) is 7.26. The molecule has 2 nitrogen and oxygen atoms in total. The Hall–Kier alpha value is -4.69. The predicted molar refractivity (Wildman–Crippen MR) is 187 cm³/mol. The summed E-state index contributed by atoms with van der Waals surface area (Å²) in [6.07, 6.45) is 18.4. The Bertz CT molecular complexity index is 1860. The molecule has 0 fully saturated rings. The van der Waals surface area contributed by atoms with Gasteiger partial charge in [0.25, 0.3) is 0 Å². The number of hydrogen-bond acceptors (Lipinski definition) is 1. The van der Waals surface area contributed by atoms with E-state index < -0.39 is 0 Å². The van der Waals surface area contributed by atoms with Crippen LogP contribution < -0.4 is 4.90 Å². The summed E-state index contributed by atoms with van der Waals surface area (Å²) < 4.78 is 2.37. The van der Waals surface area contributed by atoms with Crippen molar-refractivity contribution in [2.45, 2.75) is 36.5 Å². The second-order valence-corrected chi connectivity index (χ2v) is 11.9. The molecular weight excluding hydrogens is 520 g/mol. The molecule has 0 aromatic heterocycles. The smallest absolute Gasteiger partial charge is 0.210 e. The molecule has 0 bridgehead atoms. The Kier molecular flexibility index (Phi) is 7.40. The Morgan fingerprint density at radius 3 is 1.81 bits per heavy atom. The SMILES string of the molecule is C=CCC1(CC=C)C(/C=C/C=C2/N(C)c3ccc4ccccc4c3C2(CC=C)CC=C)=[N+](C)c2ccc3ccccc3c21. The molecule has 0 amide bonds. The minimum Gasteiger partial charge on any atom is -0.347 e. The minimum absolute atomic E-state index is 0.247. The first-order valence-electron chi connectivity index (χ1n) is 15.2. The van der Waals surface area contributed by atoms with Crippen molar-refractivity contribution >= 4 is 38.6 Å². The van der Waals surface area contributed by atoms with Crippen molar-refractivity contribution in [3.8, 4) is 0 Å². The molecule has 4 aromatic carbocycles. The third kappa shape index (κ3) is 4.19. The average Bonchev–Trinajstić information content (AvgIpc) is 3.39. The molecule has 0 spiro atoms. The van der Waals surface area contributed by atoms with E-state index in [2.05, 4.69) is 165 Å². The first kappa shape index (κ1) is 28.4.